The Balaban J connectivity index is 1.74. The summed E-state index contributed by atoms with van der Waals surface area (Å²) in [5.74, 6) is -0.953. The lowest BCUT2D eigenvalue weighted by Gasteiger charge is -2.36. The van der Waals surface area contributed by atoms with Crippen molar-refractivity contribution < 1.29 is 24.5 Å². The Morgan fingerprint density at radius 2 is 2.20 bits per heavy atom. The summed E-state index contributed by atoms with van der Waals surface area (Å²) in [6.45, 7) is 2.98. The monoisotopic (exact) mass is 286 g/mol. The van der Waals surface area contributed by atoms with Crippen molar-refractivity contribution in [2.45, 2.75) is 50.4 Å². The number of aliphatic hydroxyl groups is 1. The molecule has 0 aromatic rings. The van der Waals surface area contributed by atoms with E-state index in [0.717, 1.165) is 6.42 Å². The molecule has 2 amide bonds. The Morgan fingerprint density at radius 3 is 2.80 bits per heavy atom. The lowest BCUT2D eigenvalue weighted by molar-refractivity contribution is -0.149. The summed E-state index contributed by atoms with van der Waals surface area (Å²) in [5.41, 5.74) is -0.826. The summed E-state index contributed by atoms with van der Waals surface area (Å²) >= 11 is 0. The van der Waals surface area contributed by atoms with Crippen LogP contribution in [0.2, 0.25) is 0 Å². The molecule has 7 heteroatoms. The third-order valence-corrected chi connectivity index (χ3v) is 3.83. The number of hydrogen-bond acceptors (Lipinski definition) is 4. The first-order valence-electron chi connectivity index (χ1n) is 7.01. The number of nitrogens with zero attached hydrogens (tertiary/aromatic N) is 1. The predicted molar refractivity (Wildman–Crippen MR) is 70.4 cm³/mol. The number of likely N-dealkylation sites (tertiary alicyclic amines) is 1. The van der Waals surface area contributed by atoms with Crippen molar-refractivity contribution in [2.75, 3.05) is 19.6 Å². The number of carboxylic acids is 1. The molecule has 0 aliphatic carbocycles. The Bertz CT molecular complexity index is 385. The average Bonchev–Trinajstić information content (AvgIpc) is 2.83. The fourth-order valence-electron chi connectivity index (χ4n) is 2.74. The van der Waals surface area contributed by atoms with Crippen molar-refractivity contribution >= 4 is 12.0 Å². The fraction of sp³-hybridized carbons (Fsp3) is 0.846. The first-order valence-corrected chi connectivity index (χ1v) is 7.01. The van der Waals surface area contributed by atoms with Gasteiger partial charge in [-0.05, 0) is 32.6 Å². The molecule has 0 saturated carbocycles. The number of nitrogens with one attached hydrogen (secondary N) is 1. The maximum absolute atomic E-state index is 12.0. The highest BCUT2D eigenvalue weighted by atomic mass is 16.5. The van der Waals surface area contributed by atoms with Gasteiger partial charge in [-0.25, -0.2) is 9.59 Å². The molecule has 3 atom stereocenters. The zero-order chi connectivity index (χ0) is 14.8. The number of carbonyl (C=O) groups excluding carboxylic acids is 1. The van der Waals surface area contributed by atoms with Gasteiger partial charge in [0.25, 0.3) is 0 Å². The number of hydrogen-bond donors (Lipinski definition) is 3. The van der Waals surface area contributed by atoms with Crippen LogP contribution in [0.3, 0.4) is 0 Å². The Labute approximate surface area is 117 Å². The van der Waals surface area contributed by atoms with E-state index in [4.69, 9.17) is 9.84 Å². The Morgan fingerprint density at radius 1 is 1.45 bits per heavy atom. The summed E-state index contributed by atoms with van der Waals surface area (Å²) in [7, 11) is 0. The van der Waals surface area contributed by atoms with Crippen molar-refractivity contribution in [3.05, 3.63) is 0 Å². The van der Waals surface area contributed by atoms with Gasteiger partial charge in [-0.15, -0.1) is 0 Å². The highest BCUT2D eigenvalue weighted by Crippen LogP contribution is 2.21. The van der Waals surface area contributed by atoms with Crippen LogP contribution in [0.4, 0.5) is 4.79 Å². The molecular weight excluding hydrogens is 264 g/mol. The van der Waals surface area contributed by atoms with Crippen LogP contribution in [0.15, 0.2) is 0 Å². The average molecular weight is 286 g/mol. The van der Waals surface area contributed by atoms with Crippen LogP contribution in [0.5, 0.6) is 0 Å². The number of β-amino-alcohol motifs (C(OH)–C–C–N with tert-alkyl or cyclic N) is 1. The van der Waals surface area contributed by atoms with Crippen LogP contribution in [0, 0.1) is 0 Å². The minimum atomic E-state index is -0.953. The second-order valence-electron chi connectivity index (χ2n) is 5.87. The van der Waals surface area contributed by atoms with Gasteiger partial charge in [0, 0.05) is 13.1 Å². The van der Waals surface area contributed by atoms with Gasteiger partial charge in [0.2, 0.25) is 0 Å². The molecule has 0 spiro atoms. The van der Waals surface area contributed by atoms with Crippen LogP contribution in [-0.2, 0) is 9.53 Å². The van der Waals surface area contributed by atoms with E-state index in [9.17, 15) is 14.7 Å². The molecule has 2 aliphatic heterocycles. The minimum Gasteiger partial charge on any atom is -0.479 e. The van der Waals surface area contributed by atoms with E-state index in [2.05, 4.69) is 5.32 Å². The second-order valence-corrected chi connectivity index (χ2v) is 5.87. The molecule has 0 bridgehead atoms. The van der Waals surface area contributed by atoms with Gasteiger partial charge in [0.05, 0.1) is 18.2 Å². The summed E-state index contributed by atoms with van der Waals surface area (Å²) < 4.78 is 5.32. The van der Waals surface area contributed by atoms with Crippen LogP contribution in [0.1, 0.15) is 32.6 Å². The van der Waals surface area contributed by atoms with Crippen molar-refractivity contribution in [3.8, 4) is 0 Å². The van der Waals surface area contributed by atoms with E-state index in [1.807, 2.05) is 0 Å². The molecule has 0 radical (unpaired) electrons. The van der Waals surface area contributed by atoms with Gasteiger partial charge in [-0.3, -0.25) is 0 Å². The van der Waals surface area contributed by atoms with Crippen molar-refractivity contribution in [1.82, 2.24) is 10.2 Å². The molecular formula is C13H22N2O5. The number of aliphatic carboxylic acids is 1. The standard InChI is InChI=1S/C13H22N2O5/c1-13(19)5-2-6-15(8-13)12(18)14-7-9-3-4-10(20-9)11(16)17/h9-10,19H,2-8H2,1H3,(H,14,18)(H,16,17). The van der Waals surface area contributed by atoms with Crippen LogP contribution >= 0.6 is 0 Å². The molecule has 114 valence electrons. The van der Waals surface area contributed by atoms with Gasteiger partial charge in [0.15, 0.2) is 6.10 Å². The quantitative estimate of drug-likeness (QED) is 0.687. The normalized spacial score (nSPS) is 34.0. The zero-order valence-electron chi connectivity index (χ0n) is 11.7. The summed E-state index contributed by atoms with van der Waals surface area (Å²) in [5, 5.41) is 21.5. The summed E-state index contributed by atoms with van der Waals surface area (Å²) in [6, 6.07) is -0.229. The molecule has 2 aliphatic rings. The summed E-state index contributed by atoms with van der Waals surface area (Å²) in [6.07, 6.45) is 1.59. The van der Waals surface area contributed by atoms with Crippen molar-refractivity contribution in [1.29, 1.82) is 0 Å². The van der Waals surface area contributed by atoms with E-state index < -0.39 is 17.7 Å². The molecule has 0 aromatic heterocycles. The highest BCUT2D eigenvalue weighted by molar-refractivity contribution is 5.74. The van der Waals surface area contributed by atoms with E-state index in [-0.39, 0.29) is 12.1 Å². The van der Waals surface area contributed by atoms with Crippen LogP contribution < -0.4 is 5.32 Å². The lowest BCUT2D eigenvalue weighted by atomic mass is 9.95. The maximum atomic E-state index is 12.0. The fourth-order valence-corrected chi connectivity index (χ4v) is 2.74. The van der Waals surface area contributed by atoms with Gasteiger partial charge >= 0.3 is 12.0 Å². The lowest BCUT2D eigenvalue weighted by Crippen LogP contribution is -2.52. The zero-order valence-corrected chi connectivity index (χ0v) is 11.7. The number of piperidine rings is 1. The van der Waals surface area contributed by atoms with Gasteiger partial charge < -0.3 is 25.2 Å². The molecule has 7 nitrogen and oxygen atoms in total. The third kappa shape index (κ3) is 3.83. The predicted octanol–water partition coefficient (Wildman–Crippen LogP) is 0.175. The first-order chi connectivity index (χ1) is 9.37. The van der Waals surface area contributed by atoms with E-state index in [1.165, 1.54) is 0 Å². The number of carboxylic acid groups (broad SMARTS) is 1. The third-order valence-electron chi connectivity index (χ3n) is 3.83. The Hall–Kier alpha value is -1.34. The van der Waals surface area contributed by atoms with Gasteiger partial charge in [-0.1, -0.05) is 0 Å². The molecule has 2 heterocycles. The van der Waals surface area contributed by atoms with E-state index >= 15 is 0 Å². The molecule has 20 heavy (non-hydrogen) atoms. The van der Waals surface area contributed by atoms with Gasteiger partial charge in [-0.2, -0.15) is 0 Å². The molecule has 2 saturated heterocycles. The molecule has 3 unspecified atom stereocenters. The SMILES string of the molecule is CC1(O)CCCN(C(=O)NCC2CCC(C(=O)O)O2)C1. The van der Waals surface area contributed by atoms with E-state index in [1.54, 1.807) is 11.8 Å². The molecule has 2 rings (SSSR count). The maximum Gasteiger partial charge on any atom is 0.332 e. The molecule has 3 N–H and O–H groups in total. The first kappa shape index (κ1) is 15.1. The van der Waals surface area contributed by atoms with Crippen molar-refractivity contribution in [3.63, 3.8) is 0 Å². The topological polar surface area (TPSA) is 99.1 Å². The second kappa shape index (κ2) is 5.97. The smallest absolute Gasteiger partial charge is 0.332 e. The van der Waals surface area contributed by atoms with Crippen LogP contribution in [-0.4, -0.2) is 64.6 Å². The Kier molecular flexibility index (Phi) is 4.49. The number of carbonyl (C=O) groups is 2. The number of ether oxygens (including phenoxy) is 1. The minimum absolute atomic E-state index is 0.229. The molecule has 2 fully saturated rings. The number of rotatable bonds is 3. The number of urea groups is 1. The van der Waals surface area contributed by atoms with Crippen LogP contribution in [0.25, 0.3) is 0 Å². The van der Waals surface area contributed by atoms with Gasteiger partial charge in [0.1, 0.15) is 0 Å². The largest absolute Gasteiger partial charge is 0.479 e. The number of amides is 2. The van der Waals surface area contributed by atoms with Crippen molar-refractivity contribution in [2.24, 2.45) is 0 Å². The summed E-state index contributed by atoms with van der Waals surface area (Å²) in [4.78, 5) is 24.3. The highest BCUT2D eigenvalue weighted by Gasteiger charge is 2.33. The van der Waals surface area contributed by atoms with E-state index in [0.29, 0.717) is 38.9 Å². The molecule has 0 aromatic carbocycles.